The van der Waals surface area contributed by atoms with Crippen molar-refractivity contribution in [2.24, 2.45) is 16.5 Å². The number of aldehydes is 1. The van der Waals surface area contributed by atoms with Gasteiger partial charge < -0.3 is 42.1 Å². The molecule has 12 nitrogen and oxygen atoms in total. The minimum Gasteiger partial charge on any atom is -0.449 e. The van der Waals surface area contributed by atoms with Crippen LogP contribution in [0, 0.1) is 0 Å². The summed E-state index contributed by atoms with van der Waals surface area (Å²) in [5, 5.41) is 16.9. The summed E-state index contributed by atoms with van der Waals surface area (Å²) < 4.78 is 5.42. The number of hydrogen-bond acceptors (Lipinski definition) is 7. The van der Waals surface area contributed by atoms with Crippen LogP contribution in [0.15, 0.2) is 53.5 Å². The van der Waals surface area contributed by atoms with Crippen LogP contribution < -0.4 is 27.4 Å². The number of nitrogens with zero attached hydrogens (tertiary/aromatic N) is 1. The van der Waals surface area contributed by atoms with E-state index in [9.17, 15) is 24.3 Å². The van der Waals surface area contributed by atoms with Gasteiger partial charge in [-0.05, 0) is 42.0 Å². The largest absolute Gasteiger partial charge is 0.449 e. The summed E-state index contributed by atoms with van der Waals surface area (Å²) in [5.41, 5.74) is 14.7. The first-order valence-electron chi connectivity index (χ1n) is 12.6. The topological polar surface area (TPSA) is 198 Å². The molecule has 0 radical (unpaired) electrons. The fourth-order valence-corrected chi connectivity index (χ4v) is 4.36. The predicted octanol–water partition coefficient (Wildman–Crippen LogP) is 0.128. The van der Waals surface area contributed by atoms with Gasteiger partial charge in [0.15, 0.2) is 5.96 Å². The Morgan fingerprint density at radius 3 is 2.18 bits per heavy atom. The molecule has 39 heavy (non-hydrogen) atoms. The highest BCUT2D eigenvalue weighted by molar-refractivity contribution is 5.92. The molecule has 3 atom stereocenters. The number of carbonyl (C=O) groups is 4. The van der Waals surface area contributed by atoms with E-state index in [4.69, 9.17) is 16.2 Å². The molecular weight excluding hydrogens is 504 g/mol. The molecular formula is C27H34N6O6. The van der Waals surface area contributed by atoms with Gasteiger partial charge in [0.1, 0.15) is 25.0 Å². The summed E-state index contributed by atoms with van der Waals surface area (Å²) in [7, 11) is 0. The van der Waals surface area contributed by atoms with E-state index in [1.165, 1.54) is 6.92 Å². The number of benzene rings is 2. The maximum absolute atomic E-state index is 12.6. The summed E-state index contributed by atoms with van der Waals surface area (Å²) in [6.45, 7) is 1.03. The molecule has 208 valence electrons. The molecule has 0 saturated heterocycles. The van der Waals surface area contributed by atoms with Gasteiger partial charge in [-0.2, -0.15) is 0 Å². The lowest BCUT2D eigenvalue weighted by atomic mass is 9.98. The first-order valence-corrected chi connectivity index (χ1v) is 12.6. The number of guanidine groups is 1. The number of amides is 3. The smallest absolute Gasteiger partial charge is 0.407 e. The van der Waals surface area contributed by atoms with Gasteiger partial charge >= 0.3 is 6.09 Å². The summed E-state index contributed by atoms with van der Waals surface area (Å²) in [4.78, 5) is 52.7. The van der Waals surface area contributed by atoms with Crippen LogP contribution in [0.25, 0.3) is 11.1 Å². The minimum atomic E-state index is -1.35. The summed E-state index contributed by atoms with van der Waals surface area (Å²) >= 11 is 0. The van der Waals surface area contributed by atoms with Crippen LogP contribution in [-0.2, 0) is 19.1 Å². The zero-order valence-corrected chi connectivity index (χ0v) is 21.6. The van der Waals surface area contributed by atoms with Crippen molar-refractivity contribution in [3.8, 4) is 11.1 Å². The second-order valence-electron chi connectivity index (χ2n) is 9.14. The Bertz CT molecular complexity index is 1170. The number of carbonyl (C=O) groups excluding carboxylic acids is 4. The molecule has 0 bridgehead atoms. The van der Waals surface area contributed by atoms with E-state index in [0.29, 0.717) is 25.7 Å². The zero-order valence-electron chi connectivity index (χ0n) is 21.6. The molecule has 0 aliphatic heterocycles. The zero-order chi connectivity index (χ0) is 28.4. The molecule has 0 heterocycles. The van der Waals surface area contributed by atoms with Gasteiger partial charge in [-0.1, -0.05) is 48.5 Å². The van der Waals surface area contributed by atoms with Crippen LogP contribution in [-0.4, -0.2) is 73.1 Å². The monoisotopic (exact) mass is 538 g/mol. The normalized spacial score (nSPS) is 14.1. The van der Waals surface area contributed by atoms with E-state index in [2.05, 4.69) is 20.9 Å². The SMILES string of the molecule is CC(NC(=O)C(CO)NC(=O)OCC1c2ccccc2-c2ccccc21)C(=O)NC(C=O)CCCN=C(N)N. The Morgan fingerprint density at radius 2 is 1.62 bits per heavy atom. The maximum Gasteiger partial charge on any atom is 0.407 e. The number of nitrogens with two attached hydrogens (primary N) is 2. The van der Waals surface area contributed by atoms with Gasteiger partial charge in [0, 0.05) is 12.5 Å². The van der Waals surface area contributed by atoms with Crippen LogP contribution in [0.2, 0.25) is 0 Å². The Kier molecular flexibility index (Phi) is 10.4. The van der Waals surface area contributed by atoms with Crippen LogP contribution in [0.1, 0.15) is 36.8 Å². The average molecular weight is 539 g/mol. The Labute approximate surface area is 226 Å². The number of ether oxygens (including phenoxy) is 1. The fraction of sp³-hybridized carbons (Fsp3) is 0.370. The van der Waals surface area contributed by atoms with Crippen molar-refractivity contribution in [1.29, 1.82) is 0 Å². The number of hydrogen-bond donors (Lipinski definition) is 6. The van der Waals surface area contributed by atoms with Gasteiger partial charge in [-0.15, -0.1) is 0 Å². The third kappa shape index (κ3) is 7.77. The van der Waals surface area contributed by atoms with Crippen molar-refractivity contribution < 1.29 is 29.0 Å². The van der Waals surface area contributed by atoms with Crippen molar-refractivity contribution >= 4 is 30.2 Å². The van der Waals surface area contributed by atoms with Crippen molar-refractivity contribution in [2.75, 3.05) is 19.8 Å². The molecule has 12 heteroatoms. The second kappa shape index (κ2) is 13.9. The predicted molar refractivity (Wildman–Crippen MR) is 145 cm³/mol. The number of aliphatic hydroxyl groups is 1. The highest BCUT2D eigenvalue weighted by Crippen LogP contribution is 2.44. The first kappa shape index (κ1) is 29.1. The maximum atomic E-state index is 12.6. The Morgan fingerprint density at radius 1 is 1.00 bits per heavy atom. The molecule has 1 aliphatic rings. The first-order chi connectivity index (χ1) is 18.7. The standard InChI is InChI=1S/C27H34N6O6/c1-16(24(36)32-17(13-34)7-6-12-30-26(28)29)31-25(37)23(14-35)33-27(38)39-15-22-20-10-4-2-8-18(20)19-9-3-5-11-21(19)22/h2-5,8-11,13,16-17,22-23,35H,6-7,12,14-15H2,1H3,(H,31,37)(H,32,36)(H,33,38)(H4,28,29,30). The second-order valence-corrected chi connectivity index (χ2v) is 9.14. The van der Waals surface area contributed by atoms with Crippen molar-refractivity contribution in [1.82, 2.24) is 16.0 Å². The Hall–Kier alpha value is -4.45. The molecule has 0 fully saturated rings. The van der Waals surface area contributed by atoms with Gasteiger partial charge in [0.25, 0.3) is 0 Å². The fourth-order valence-electron chi connectivity index (χ4n) is 4.36. The molecule has 3 amide bonds. The number of rotatable bonds is 13. The molecule has 1 aliphatic carbocycles. The molecule has 0 aromatic heterocycles. The van der Waals surface area contributed by atoms with E-state index < -0.39 is 42.6 Å². The van der Waals surface area contributed by atoms with E-state index >= 15 is 0 Å². The van der Waals surface area contributed by atoms with E-state index in [1.807, 2.05) is 48.5 Å². The van der Waals surface area contributed by atoms with E-state index in [1.54, 1.807) is 0 Å². The van der Waals surface area contributed by atoms with Crippen molar-refractivity contribution in [3.63, 3.8) is 0 Å². The third-order valence-corrected chi connectivity index (χ3v) is 6.35. The molecule has 3 unspecified atom stereocenters. The Balaban J connectivity index is 1.49. The van der Waals surface area contributed by atoms with Crippen LogP contribution in [0.3, 0.4) is 0 Å². The summed E-state index contributed by atoms with van der Waals surface area (Å²) in [6.07, 6.45) is 0.454. The number of alkyl carbamates (subject to hydrolysis) is 1. The molecule has 0 saturated carbocycles. The molecule has 2 aromatic rings. The number of fused-ring (bicyclic) bond motifs is 3. The number of nitrogens with one attached hydrogen (secondary N) is 3. The highest BCUT2D eigenvalue weighted by Gasteiger charge is 2.30. The van der Waals surface area contributed by atoms with E-state index in [0.717, 1.165) is 22.3 Å². The van der Waals surface area contributed by atoms with Gasteiger partial charge in [0.2, 0.25) is 11.8 Å². The van der Waals surface area contributed by atoms with Crippen LogP contribution in [0.4, 0.5) is 4.79 Å². The third-order valence-electron chi connectivity index (χ3n) is 6.35. The van der Waals surface area contributed by atoms with Gasteiger partial charge in [0.05, 0.1) is 12.6 Å². The lowest BCUT2D eigenvalue weighted by Crippen LogP contribution is -2.55. The highest BCUT2D eigenvalue weighted by atomic mass is 16.5. The minimum absolute atomic E-state index is 0.0364. The van der Waals surface area contributed by atoms with Crippen LogP contribution >= 0.6 is 0 Å². The molecule has 2 aromatic carbocycles. The molecule has 0 spiro atoms. The van der Waals surface area contributed by atoms with Crippen LogP contribution in [0.5, 0.6) is 0 Å². The molecule has 3 rings (SSSR count). The van der Waals surface area contributed by atoms with Crippen molar-refractivity contribution in [2.45, 2.75) is 43.8 Å². The average Bonchev–Trinajstić information content (AvgIpc) is 3.25. The quantitative estimate of drug-likeness (QED) is 0.0894. The number of aliphatic imine (C=N–C) groups is 1. The van der Waals surface area contributed by atoms with Gasteiger partial charge in [-0.25, -0.2) is 4.79 Å². The molecule has 8 N–H and O–H groups in total. The lowest BCUT2D eigenvalue weighted by Gasteiger charge is -2.21. The van der Waals surface area contributed by atoms with E-state index in [-0.39, 0.29) is 18.5 Å². The van der Waals surface area contributed by atoms with Crippen molar-refractivity contribution in [3.05, 3.63) is 59.7 Å². The number of aliphatic hydroxyl groups excluding tert-OH is 1. The summed E-state index contributed by atoms with van der Waals surface area (Å²) in [5.74, 6) is -1.63. The van der Waals surface area contributed by atoms with Gasteiger partial charge in [-0.3, -0.25) is 14.6 Å². The summed E-state index contributed by atoms with van der Waals surface area (Å²) in [6, 6.07) is 12.6. The lowest BCUT2D eigenvalue weighted by molar-refractivity contribution is -0.131.